The number of thiophene rings is 1. The van der Waals surface area contributed by atoms with Crippen LogP contribution < -0.4 is 10.6 Å². The molecule has 0 radical (unpaired) electrons. The number of aromatic nitrogens is 2. The molecule has 2 amide bonds. The van der Waals surface area contributed by atoms with Crippen LogP contribution in [-0.2, 0) is 6.42 Å². The Morgan fingerprint density at radius 1 is 1.55 bits per heavy atom. The molecule has 0 fully saturated rings. The zero-order chi connectivity index (χ0) is 14.4. The first-order valence-corrected chi connectivity index (χ1v) is 7.05. The monoisotopic (exact) mass is 296 g/mol. The molecule has 2 rings (SSSR count). The quantitative estimate of drug-likeness (QED) is 0.739. The first-order chi connectivity index (χ1) is 9.65. The van der Waals surface area contributed by atoms with Gasteiger partial charge in [-0.2, -0.15) is 4.98 Å². The Morgan fingerprint density at radius 2 is 2.40 bits per heavy atom. The third-order valence-electron chi connectivity index (χ3n) is 2.52. The van der Waals surface area contributed by atoms with Crippen molar-refractivity contribution in [2.75, 3.05) is 13.1 Å². The fourth-order valence-corrected chi connectivity index (χ4v) is 2.27. The summed E-state index contributed by atoms with van der Waals surface area (Å²) in [5, 5.41) is 20.6. The molecule has 2 aromatic heterocycles. The van der Waals surface area contributed by atoms with Crippen molar-refractivity contribution >= 4 is 17.4 Å². The van der Waals surface area contributed by atoms with Crippen molar-refractivity contribution in [3.8, 4) is 0 Å². The van der Waals surface area contributed by atoms with E-state index in [4.69, 9.17) is 4.52 Å². The normalized spacial score (nSPS) is 12.1. The van der Waals surface area contributed by atoms with Crippen LogP contribution in [0.5, 0.6) is 0 Å². The van der Waals surface area contributed by atoms with Gasteiger partial charge in [-0.15, -0.1) is 11.3 Å². The van der Waals surface area contributed by atoms with E-state index in [1.54, 1.807) is 6.92 Å². The highest BCUT2D eigenvalue weighted by Crippen LogP contribution is 2.17. The van der Waals surface area contributed by atoms with E-state index in [0.717, 1.165) is 4.88 Å². The molecule has 0 aromatic carbocycles. The Balaban J connectivity index is 1.63. The number of aryl methyl sites for hydroxylation is 1. The summed E-state index contributed by atoms with van der Waals surface area (Å²) >= 11 is 1.45. The number of hydrogen-bond acceptors (Lipinski definition) is 6. The van der Waals surface area contributed by atoms with E-state index >= 15 is 0 Å². The van der Waals surface area contributed by atoms with Gasteiger partial charge in [0, 0.05) is 17.8 Å². The maximum Gasteiger partial charge on any atom is 0.314 e. The first kappa shape index (κ1) is 14.5. The van der Waals surface area contributed by atoms with Crippen LogP contribution in [0.15, 0.2) is 22.0 Å². The Bertz CT molecular complexity index is 541. The molecule has 2 aromatic rings. The Kier molecular flexibility index (Phi) is 5.08. The summed E-state index contributed by atoms with van der Waals surface area (Å²) in [6, 6.07) is 3.35. The summed E-state index contributed by atoms with van der Waals surface area (Å²) in [6.45, 7) is 2.30. The second kappa shape index (κ2) is 7.01. The van der Waals surface area contributed by atoms with Crippen LogP contribution >= 0.6 is 11.3 Å². The average molecular weight is 296 g/mol. The number of nitrogens with one attached hydrogen (secondary N) is 2. The van der Waals surface area contributed by atoms with Gasteiger partial charge in [-0.25, -0.2) is 4.79 Å². The number of hydrogen-bond donors (Lipinski definition) is 3. The zero-order valence-electron chi connectivity index (χ0n) is 11.0. The van der Waals surface area contributed by atoms with Crippen molar-refractivity contribution in [1.29, 1.82) is 0 Å². The van der Waals surface area contributed by atoms with E-state index in [9.17, 15) is 9.90 Å². The van der Waals surface area contributed by atoms with Gasteiger partial charge in [0.25, 0.3) is 0 Å². The summed E-state index contributed by atoms with van der Waals surface area (Å²) in [4.78, 5) is 16.4. The van der Waals surface area contributed by atoms with E-state index in [0.29, 0.717) is 24.7 Å². The minimum atomic E-state index is -0.681. The van der Waals surface area contributed by atoms with Crippen LogP contribution in [0, 0.1) is 6.92 Å². The highest BCUT2D eigenvalue weighted by Gasteiger charge is 2.10. The van der Waals surface area contributed by atoms with Crippen molar-refractivity contribution in [3.05, 3.63) is 34.1 Å². The molecule has 0 bridgehead atoms. The first-order valence-electron chi connectivity index (χ1n) is 6.17. The predicted molar refractivity (Wildman–Crippen MR) is 73.4 cm³/mol. The number of carbonyl (C=O) groups excluding carboxylic acids is 1. The van der Waals surface area contributed by atoms with Crippen molar-refractivity contribution < 1.29 is 14.4 Å². The van der Waals surface area contributed by atoms with Crippen LogP contribution in [0.4, 0.5) is 4.79 Å². The predicted octanol–water partition coefficient (Wildman–Crippen LogP) is 1.01. The van der Waals surface area contributed by atoms with E-state index in [2.05, 4.69) is 20.8 Å². The van der Waals surface area contributed by atoms with Gasteiger partial charge in [-0.1, -0.05) is 11.2 Å². The van der Waals surface area contributed by atoms with E-state index < -0.39 is 6.10 Å². The van der Waals surface area contributed by atoms with Crippen LogP contribution in [0.25, 0.3) is 0 Å². The summed E-state index contributed by atoms with van der Waals surface area (Å²) in [5.41, 5.74) is 0. The van der Waals surface area contributed by atoms with Gasteiger partial charge in [0.1, 0.15) is 6.10 Å². The maximum absolute atomic E-state index is 11.5. The lowest BCUT2D eigenvalue weighted by molar-refractivity contribution is 0.176. The van der Waals surface area contributed by atoms with Gasteiger partial charge in [0.05, 0.1) is 6.54 Å². The molecule has 7 nitrogen and oxygen atoms in total. The van der Waals surface area contributed by atoms with Crippen molar-refractivity contribution in [1.82, 2.24) is 20.8 Å². The van der Waals surface area contributed by atoms with Gasteiger partial charge in [-0.3, -0.25) is 0 Å². The van der Waals surface area contributed by atoms with E-state index in [-0.39, 0.29) is 12.6 Å². The molecule has 0 aliphatic rings. The van der Waals surface area contributed by atoms with Crippen molar-refractivity contribution in [3.63, 3.8) is 0 Å². The molecule has 8 heteroatoms. The molecule has 1 unspecified atom stereocenters. The molecule has 0 aliphatic heterocycles. The third kappa shape index (κ3) is 4.32. The second-order valence-electron chi connectivity index (χ2n) is 4.15. The molecule has 3 N–H and O–H groups in total. The largest absolute Gasteiger partial charge is 0.386 e. The molecule has 0 saturated heterocycles. The number of amides is 2. The molecule has 108 valence electrons. The number of carbonyl (C=O) groups is 1. The standard InChI is InChI=1S/C12H16N4O3S/c1-8-15-11(19-16-8)4-5-13-12(18)14-7-9(17)10-3-2-6-20-10/h2-3,6,9,17H,4-5,7H2,1H3,(H2,13,14,18). The van der Waals surface area contributed by atoms with Gasteiger partial charge >= 0.3 is 6.03 Å². The zero-order valence-corrected chi connectivity index (χ0v) is 11.8. The van der Waals surface area contributed by atoms with Crippen LogP contribution in [0.3, 0.4) is 0 Å². The van der Waals surface area contributed by atoms with Crippen LogP contribution in [-0.4, -0.2) is 34.4 Å². The minimum Gasteiger partial charge on any atom is -0.386 e. The molecule has 20 heavy (non-hydrogen) atoms. The number of aliphatic hydroxyl groups excluding tert-OH is 1. The van der Waals surface area contributed by atoms with Gasteiger partial charge in [0.15, 0.2) is 5.82 Å². The minimum absolute atomic E-state index is 0.173. The fraction of sp³-hybridized carbons (Fsp3) is 0.417. The molecular formula is C12H16N4O3S. The molecular weight excluding hydrogens is 280 g/mol. The van der Waals surface area contributed by atoms with E-state index in [1.165, 1.54) is 11.3 Å². The second-order valence-corrected chi connectivity index (χ2v) is 5.13. The average Bonchev–Trinajstić information content (AvgIpc) is 3.07. The van der Waals surface area contributed by atoms with Crippen LogP contribution in [0.2, 0.25) is 0 Å². The number of rotatable bonds is 6. The van der Waals surface area contributed by atoms with E-state index in [1.807, 2.05) is 17.5 Å². The summed E-state index contributed by atoms with van der Waals surface area (Å²) < 4.78 is 4.92. The Labute approximate surface area is 120 Å². The maximum atomic E-state index is 11.5. The summed E-state index contributed by atoms with van der Waals surface area (Å²) in [5.74, 6) is 1.06. The highest BCUT2D eigenvalue weighted by molar-refractivity contribution is 7.10. The Hall–Kier alpha value is -1.93. The summed E-state index contributed by atoms with van der Waals surface area (Å²) in [7, 11) is 0. The third-order valence-corrected chi connectivity index (χ3v) is 3.50. The smallest absolute Gasteiger partial charge is 0.314 e. The summed E-state index contributed by atoms with van der Waals surface area (Å²) in [6.07, 6.45) is -0.207. The molecule has 1 atom stereocenters. The molecule has 2 heterocycles. The van der Waals surface area contributed by atoms with Gasteiger partial charge in [-0.05, 0) is 18.4 Å². The SMILES string of the molecule is Cc1noc(CCNC(=O)NCC(O)c2cccs2)n1. The lowest BCUT2D eigenvalue weighted by Gasteiger charge is -2.10. The number of aliphatic hydroxyl groups is 1. The highest BCUT2D eigenvalue weighted by atomic mass is 32.1. The Morgan fingerprint density at radius 3 is 3.05 bits per heavy atom. The molecule has 0 spiro atoms. The fourth-order valence-electron chi connectivity index (χ4n) is 1.56. The van der Waals surface area contributed by atoms with Gasteiger partial charge in [0.2, 0.25) is 5.89 Å². The molecule has 0 aliphatic carbocycles. The van der Waals surface area contributed by atoms with Crippen molar-refractivity contribution in [2.24, 2.45) is 0 Å². The molecule has 0 saturated carbocycles. The number of nitrogens with zero attached hydrogens (tertiary/aromatic N) is 2. The topological polar surface area (TPSA) is 100 Å². The van der Waals surface area contributed by atoms with Crippen molar-refractivity contribution in [2.45, 2.75) is 19.4 Å². The van der Waals surface area contributed by atoms with Gasteiger partial charge < -0.3 is 20.3 Å². The van der Waals surface area contributed by atoms with Crippen LogP contribution in [0.1, 0.15) is 22.7 Å². The lowest BCUT2D eigenvalue weighted by Crippen LogP contribution is -2.38. The lowest BCUT2D eigenvalue weighted by atomic mass is 10.3. The number of urea groups is 1.